The largest absolute Gasteiger partial charge is 0.383 e. The van der Waals surface area contributed by atoms with E-state index in [1.807, 2.05) is 0 Å². The minimum Gasteiger partial charge on any atom is -0.383 e. The van der Waals surface area contributed by atoms with Crippen molar-refractivity contribution in [2.45, 2.75) is 6.92 Å². The van der Waals surface area contributed by atoms with Crippen molar-refractivity contribution in [1.29, 1.82) is 0 Å². The van der Waals surface area contributed by atoms with Crippen LogP contribution in [0.25, 0.3) is 0 Å². The highest BCUT2D eigenvalue weighted by Gasteiger charge is 2.13. The van der Waals surface area contributed by atoms with Crippen molar-refractivity contribution in [1.82, 2.24) is 4.98 Å². The van der Waals surface area contributed by atoms with Gasteiger partial charge in [-0.2, -0.15) is 0 Å². The third-order valence-corrected chi connectivity index (χ3v) is 2.94. The molecule has 0 aliphatic carbocycles. The molecule has 2 rings (SSSR count). The van der Waals surface area contributed by atoms with E-state index in [9.17, 15) is 9.18 Å². The van der Waals surface area contributed by atoms with Crippen LogP contribution >= 0.6 is 15.9 Å². The highest BCUT2D eigenvalue weighted by molar-refractivity contribution is 9.10. The smallest absolute Gasteiger partial charge is 0.259 e. The molecule has 0 saturated carbocycles. The van der Waals surface area contributed by atoms with Crippen LogP contribution in [0.1, 0.15) is 15.9 Å². The molecule has 0 aliphatic rings. The lowest BCUT2D eigenvalue weighted by Crippen LogP contribution is -2.15. The zero-order valence-corrected chi connectivity index (χ0v) is 11.7. The molecule has 19 heavy (non-hydrogen) atoms. The first-order valence-electron chi connectivity index (χ1n) is 5.46. The highest BCUT2D eigenvalue weighted by Crippen LogP contribution is 2.19. The number of aromatic nitrogens is 1. The van der Waals surface area contributed by atoms with E-state index >= 15 is 0 Å². The van der Waals surface area contributed by atoms with Gasteiger partial charge in [0.25, 0.3) is 5.91 Å². The number of amides is 1. The molecule has 4 nitrogen and oxygen atoms in total. The summed E-state index contributed by atoms with van der Waals surface area (Å²) >= 11 is 3.20. The Morgan fingerprint density at radius 1 is 1.42 bits per heavy atom. The van der Waals surface area contributed by atoms with Crippen molar-refractivity contribution in [2.24, 2.45) is 0 Å². The molecular formula is C13H11BrFN3O. The van der Waals surface area contributed by atoms with Crippen LogP contribution in [-0.2, 0) is 0 Å². The van der Waals surface area contributed by atoms with Gasteiger partial charge in [0, 0.05) is 10.7 Å². The molecule has 0 aliphatic heterocycles. The summed E-state index contributed by atoms with van der Waals surface area (Å²) in [6.45, 7) is 1.77. The van der Waals surface area contributed by atoms with Crippen LogP contribution in [-0.4, -0.2) is 10.9 Å². The van der Waals surface area contributed by atoms with Crippen LogP contribution in [0.3, 0.4) is 0 Å². The van der Waals surface area contributed by atoms with Gasteiger partial charge in [0.15, 0.2) is 0 Å². The summed E-state index contributed by atoms with van der Waals surface area (Å²) in [5.41, 5.74) is 6.69. The number of hydrogen-bond donors (Lipinski definition) is 2. The monoisotopic (exact) mass is 323 g/mol. The standard InChI is InChI=1S/C13H11BrFN3O/c1-7-2-3-11(10(15)4-7)18-13(19)9-5-8(14)6-17-12(9)16/h2-6H,1H3,(H2,16,17)(H,18,19). The van der Waals surface area contributed by atoms with Gasteiger partial charge >= 0.3 is 0 Å². The fraction of sp³-hybridized carbons (Fsp3) is 0.0769. The summed E-state index contributed by atoms with van der Waals surface area (Å²) in [7, 11) is 0. The Labute approximate surface area is 118 Å². The third-order valence-electron chi connectivity index (χ3n) is 2.50. The number of nitrogen functional groups attached to an aromatic ring is 1. The summed E-state index contributed by atoms with van der Waals surface area (Å²) < 4.78 is 14.3. The SMILES string of the molecule is Cc1ccc(NC(=O)c2cc(Br)cnc2N)c(F)c1. The Bertz CT molecular complexity index is 646. The zero-order valence-electron chi connectivity index (χ0n) is 10.1. The highest BCUT2D eigenvalue weighted by atomic mass is 79.9. The molecule has 0 fully saturated rings. The Morgan fingerprint density at radius 3 is 2.84 bits per heavy atom. The topological polar surface area (TPSA) is 68.0 Å². The molecule has 0 saturated heterocycles. The van der Waals surface area contributed by atoms with Crippen LogP contribution in [0.2, 0.25) is 0 Å². The van der Waals surface area contributed by atoms with Crippen LogP contribution in [0.5, 0.6) is 0 Å². The predicted octanol–water partition coefficient (Wildman–Crippen LogP) is 3.13. The second kappa shape index (κ2) is 5.36. The number of nitrogens with two attached hydrogens (primary N) is 1. The first-order valence-corrected chi connectivity index (χ1v) is 6.25. The van der Waals surface area contributed by atoms with Crippen LogP contribution < -0.4 is 11.1 Å². The predicted molar refractivity (Wildman–Crippen MR) is 75.4 cm³/mol. The maximum atomic E-state index is 13.6. The van der Waals surface area contributed by atoms with Gasteiger partial charge in [-0.3, -0.25) is 4.79 Å². The quantitative estimate of drug-likeness (QED) is 0.892. The van der Waals surface area contributed by atoms with Crippen molar-refractivity contribution in [3.8, 4) is 0 Å². The number of nitrogens with one attached hydrogen (secondary N) is 1. The number of carbonyl (C=O) groups excluding carboxylic acids is 1. The van der Waals surface area contributed by atoms with Gasteiger partial charge in [0.1, 0.15) is 11.6 Å². The van der Waals surface area contributed by atoms with E-state index < -0.39 is 11.7 Å². The maximum Gasteiger partial charge on any atom is 0.259 e. The van der Waals surface area contributed by atoms with Gasteiger partial charge in [-0.25, -0.2) is 9.37 Å². The summed E-state index contributed by atoms with van der Waals surface area (Å²) in [6.07, 6.45) is 1.48. The fourth-order valence-electron chi connectivity index (χ4n) is 1.54. The van der Waals surface area contributed by atoms with Crippen molar-refractivity contribution < 1.29 is 9.18 Å². The second-order valence-electron chi connectivity index (χ2n) is 4.02. The minimum absolute atomic E-state index is 0.0909. The van der Waals surface area contributed by atoms with Crippen molar-refractivity contribution >= 4 is 33.3 Å². The third kappa shape index (κ3) is 3.08. The first-order chi connectivity index (χ1) is 8.97. The average molecular weight is 324 g/mol. The molecule has 0 bridgehead atoms. The maximum absolute atomic E-state index is 13.6. The number of benzene rings is 1. The van der Waals surface area contributed by atoms with Gasteiger partial charge in [-0.1, -0.05) is 6.07 Å². The number of nitrogens with zero attached hydrogens (tertiary/aromatic N) is 1. The number of rotatable bonds is 2. The minimum atomic E-state index is -0.506. The van der Waals surface area contributed by atoms with E-state index in [0.717, 1.165) is 5.56 Å². The number of hydrogen-bond acceptors (Lipinski definition) is 3. The molecule has 3 N–H and O–H groups in total. The van der Waals surface area contributed by atoms with E-state index in [-0.39, 0.29) is 17.1 Å². The molecule has 0 spiro atoms. The summed E-state index contributed by atoms with van der Waals surface area (Å²) in [5, 5.41) is 2.47. The Balaban J connectivity index is 2.28. The summed E-state index contributed by atoms with van der Waals surface area (Å²) in [4.78, 5) is 15.9. The molecular weight excluding hydrogens is 313 g/mol. The van der Waals surface area contributed by atoms with Crippen molar-refractivity contribution in [3.05, 3.63) is 51.9 Å². The van der Waals surface area contributed by atoms with Crippen LogP contribution in [0.15, 0.2) is 34.9 Å². The Hall–Kier alpha value is -1.95. The molecule has 98 valence electrons. The lowest BCUT2D eigenvalue weighted by molar-refractivity contribution is 0.102. The summed E-state index contributed by atoms with van der Waals surface area (Å²) in [5.74, 6) is -0.905. The van der Waals surface area contributed by atoms with Crippen LogP contribution in [0.4, 0.5) is 15.9 Å². The first kappa shape index (κ1) is 13.5. The van der Waals surface area contributed by atoms with Gasteiger partial charge in [-0.15, -0.1) is 0 Å². The number of halogens is 2. The van der Waals surface area contributed by atoms with E-state index in [0.29, 0.717) is 4.47 Å². The normalized spacial score (nSPS) is 10.3. The van der Waals surface area contributed by atoms with Gasteiger partial charge < -0.3 is 11.1 Å². The average Bonchev–Trinajstić information content (AvgIpc) is 2.35. The van der Waals surface area contributed by atoms with Gasteiger partial charge in [0.2, 0.25) is 0 Å². The molecule has 1 aromatic heterocycles. The fourth-order valence-corrected chi connectivity index (χ4v) is 1.87. The van der Waals surface area contributed by atoms with Crippen molar-refractivity contribution in [2.75, 3.05) is 11.1 Å². The number of anilines is 2. The number of carbonyl (C=O) groups is 1. The van der Waals surface area contributed by atoms with E-state index in [1.54, 1.807) is 13.0 Å². The van der Waals surface area contributed by atoms with E-state index in [1.165, 1.54) is 24.4 Å². The molecule has 0 unspecified atom stereocenters. The van der Waals surface area contributed by atoms with Crippen molar-refractivity contribution in [3.63, 3.8) is 0 Å². The summed E-state index contributed by atoms with van der Waals surface area (Å²) in [6, 6.07) is 6.09. The van der Waals surface area contributed by atoms with Gasteiger partial charge in [0.05, 0.1) is 11.3 Å². The number of pyridine rings is 1. The Morgan fingerprint density at radius 2 is 2.16 bits per heavy atom. The molecule has 1 heterocycles. The van der Waals surface area contributed by atoms with E-state index in [4.69, 9.17) is 5.73 Å². The Kier molecular flexibility index (Phi) is 3.80. The van der Waals surface area contributed by atoms with E-state index in [2.05, 4.69) is 26.2 Å². The molecule has 1 aromatic carbocycles. The molecule has 1 amide bonds. The molecule has 0 radical (unpaired) electrons. The molecule has 0 atom stereocenters. The van der Waals surface area contributed by atoms with Crippen LogP contribution in [0, 0.1) is 12.7 Å². The van der Waals surface area contributed by atoms with Gasteiger partial charge in [-0.05, 0) is 46.6 Å². The molecule has 6 heteroatoms. The molecule has 2 aromatic rings. The number of aryl methyl sites for hydroxylation is 1. The zero-order chi connectivity index (χ0) is 14.0. The lowest BCUT2D eigenvalue weighted by Gasteiger charge is -2.08. The lowest BCUT2D eigenvalue weighted by atomic mass is 10.2. The second-order valence-corrected chi connectivity index (χ2v) is 4.94.